The highest BCUT2D eigenvalue weighted by molar-refractivity contribution is 5.76. The zero-order chi connectivity index (χ0) is 16.3. The summed E-state index contributed by atoms with van der Waals surface area (Å²) in [6.07, 6.45) is 2.80. The molecule has 1 aromatic rings. The molecule has 6 nitrogen and oxygen atoms in total. The number of hydrogen-bond acceptors (Lipinski definition) is 5. The fraction of sp³-hybridized carbons (Fsp3) is 0.588. The van der Waals surface area contributed by atoms with Crippen molar-refractivity contribution >= 4 is 5.91 Å². The molecule has 0 spiro atoms. The minimum absolute atomic E-state index is 0.0593. The Morgan fingerprint density at radius 3 is 2.74 bits per heavy atom. The Kier molecular flexibility index (Phi) is 7.69. The van der Waals surface area contributed by atoms with Crippen LogP contribution in [-0.2, 0) is 9.53 Å². The third kappa shape index (κ3) is 6.88. The maximum Gasteiger partial charge on any atom is 0.221 e. The second kappa shape index (κ2) is 10.1. The molecule has 1 aromatic carbocycles. The summed E-state index contributed by atoms with van der Waals surface area (Å²) in [6, 6.07) is 7.47. The molecule has 0 radical (unpaired) electrons. The first-order valence-corrected chi connectivity index (χ1v) is 8.14. The van der Waals surface area contributed by atoms with Gasteiger partial charge in [0.1, 0.15) is 18.1 Å². The molecule has 1 aliphatic heterocycles. The van der Waals surface area contributed by atoms with Gasteiger partial charge in [0.15, 0.2) is 0 Å². The van der Waals surface area contributed by atoms with Crippen LogP contribution in [-0.4, -0.2) is 52.0 Å². The van der Waals surface area contributed by atoms with Gasteiger partial charge in [0.25, 0.3) is 0 Å². The van der Waals surface area contributed by atoms with E-state index in [0.29, 0.717) is 32.7 Å². The van der Waals surface area contributed by atoms with Crippen molar-refractivity contribution < 1.29 is 19.0 Å². The van der Waals surface area contributed by atoms with Gasteiger partial charge in [-0.05, 0) is 37.1 Å². The molecule has 1 heterocycles. The van der Waals surface area contributed by atoms with Gasteiger partial charge in [0.05, 0.1) is 13.2 Å². The molecule has 1 fully saturated rings. The highest BCUT2D eigenvalue weighted by Crippen LogP contribution is 2.16. The number of nitrogens with one attached hydrogen (secondary N) is 2. The number of ether oxygens (including phenoxy) is 3. The van der Waals surface area contributed by atoms with Gasteiger partial charge in [-0.2, -0.15) is 0 Å². The Morgan fingerprint density at radius 1 is 1.26 bits per heavy atom. The summed E-state index contributed by atoms with van der Waals surface area (Å²) in [4.78, 5) is 11.7. The lowest BCUT2D eigenvalue weighted by atomic mass is 10.2. The number of carbonyl (C=O) groups excluding carboxylic acids is 1. The van der Waals surface area contributed by atoms with Gasteiger partial charge in [0.2, 0.25) is 5.91 Å². The van der Waals surface area contributed by atoms with E-state index in [-0.39, 0.29) is 12.0 Å². The smallest absolute Gasteiger partial charge is 0.221 e. The van der Waals surface area contributed by atoms with Crippen molar-refractivity contribution in [1.29, 1.82) is 0 Å². The number of benzene rings is 1. The molecule has 0 bridgehead atoms. The zero-order valence-electron chi connectivity index (χ0n) is 13.7. The van der Waals surface area contributed by atoms with E-state index in [1.54, 1.807) is 7.11 Å². The van der Waals surface area contributed by atoms with E-state index in [2.05, 4.69) is 10.6 Å². The first kappa shape index (κ1) is 17.6. The van der Waals surface area contributed by atoms with Gasteiger partial charge in [0, 0.05) is 32.7 Å². The Labute approximate surface area is 137 Å². The summed E-state index contributed by atoms with van der Waals surface area (Å²) in [5, 5.41) is 6.10. The standard InChI is InChI=1S/C17H26N2O4/c1-21-14-4-6-15(7-5-14)23-12-10-18-9-8-17(20)19-13-16-3-2-11-22-16/h4-7,16,18H,2-3,8-13H2,1H3,(H,19,20). The molecule has 1 atom stereocenters. The summed E-state index contributed by atoms with van der Waals surface area (Å²) < 4.78 is 16.1. The molecule has 6 heteroatoms. The number of rotatable bonds is 10. The topological polar surface area (TPSA) is 68.8 Å². The van der Waals surface area contributed by atoms with Crippen LogP contribution in [0.1, 0.15) is 19.3 Å². The maximum atomic E-state index is 11.7. The van der Waals surface area contributed by atoms with Crippen LogP contribution in [0.15, 0.2) is 24.3 Å². The van der Waals surface area contributed by atoms with Crippen LogP contribution in [0.5, 0.6) is 11.5 Å². The lowest BCUT2D eigenvalue weighted by molar-refractivity contribution is -0.121. The fourth-order valence-electron chi connectivity index (χ4n) is 2.36. The van der Waals surface area contributed by atoms with Gasteiger partial charge in [-0.25, -0.2) is 0 Å². The number of amides is 1. The third-order valence-corrected chi connectivity index (χ3v) is 3.69. The van der Waals surface area contributed by atoms with Crippen molar-refractivity contribution in [2.24, 2.45) is 0 Å². The lowest BCUT2D eigenvalue weighted by Gasteiger charge is -2.11. The molecular formula is C17H26N2O4. The Bertz CT molecular complexity index is 458. The molecule has 0 aromatic heterocycles. The van der Waals surface area contributed by atoms with Gasteiger partial charge >= 0.3 is 0 Å². The first-order chi connectivity index (χ1) is 11.3. The summed E-state index contributed by atoms with van der Waals surface area (Å²) in [5.74, 6) is 1.68. The van der Waals surface area contributed by atoms with Gasteiger partial charge < -0.3 is 24.8 Å². The van der Waals surface area contributed by atoms with E-state index < -0.39 is 0 Å². The van der Waals surface area contributed by atoms with Gasteiger partial charge in [-0.1, -0.05) is 0 Å². The van der Waals surface area contributed by atoms with Crippen LogP contribution in [0.3, 0.4) is 0 Å². The predicted octanol–water partition coefficient (Wildman–Crippen LogP) is 1.35. The Morgan fingerprint density at radius 2 is 2.04 bits per heavy atom. The van der Waals surface area contributed by atoms with Crippen molar-refractivity contribution in [3.8, 4) is 11.5 Å². The highest BCUT2D eigenvalue weighted by Gasteiger charge is 2.15. The van der Waals surface area contributed by atoms with Crippen LogP contribution in [0.4, 0.5) is 0 Å². The molecule has 2 rings (SSSR count). The van der Waals surface area contributed by atoms with Crippen LogP contribution in [0, 0.1) is 0 Å². The minimum Gasteiger partial charge on any atom is -0.497 e. The van der Waals surface area contributed by atoms with E-state index >= 15 is 0 Å². The van der Waals surface area contributed by atoms with E-state index in [1.165, 1.54) is 0 Å². The molecule has 0 aliphatic carbocycles. The molecule has 0 saturated carbocycles. The second-order valence-corrected chi connectivity index (χ2v) is 5.46. The average molecular weight is 322 g/mol. The highest BCUT2D eigenvalue weighted by atomic mass is 16.5. The number of carbonyl (C=O) groups is 1. The quantitative estimate of drug-likeness (QED) is 0.637. The summed E-state index contributed by atoms with van der Waals surface area (Å²) in [6.45, 7) is 3.34. The van der Waals surface area contributed by atoms with Crippen molar-refractivity contribution in [3.63, 3.8) is 0 Å². The van der Waals surface area contributed by atoms with Crippen LogP contribution in [0.25, 0.3) is 0 Å². The van der Waals surface area contributed by atoms with E-state index in [9.17, 15) is 4.79 Å². The zero-order valence-corrected chi connectivity index (χ0v) is 13.7. The Balaban J connectivity index is 1.46. The Hall–Kier alpha value is -1.79. The van der Waals surface area contributed by atoms with Gasteiger partial charge in [-0.3, -0.25) is 4.79 Å². The summed E-state index contributed by atoms with van der Waals surface area (Å²) in [7, 11) is 1.64. The molecule has 1 amide bonds. The molecular weight excluding hydrogens is 296 g/mol. The normalized spacial score (nSPS) is 17.0. The van der Waals surface area contributed by atoms with E-state index in [4.69, 9.17) is 14.2 Å². The van der Waals surface area contributed by atoms with Crippen LogP contribution < -0.4 is 20.1 Å². The largest absolute Gasteiger partial charge is 0.497 e. The lowest BCUT2D eigenvalue weighted by Crippen LogP contribution is -2.34. The van der Waals surface area contributed by atoms with Crippen molar-refractivity contribution in [1.82, 2.24) is 10.6 Å². The molecule has 128 valence electrons. The van der Waals surface area contributed by atoms with Crippen LogP contribution >= 0.6 is 0 Å². The average Bonchev–Trinajstić information content (AvgIpc) is 3.10. The number of methoxy groups -OCH3 is 1. The van der Waals surface area contributed by atoms with Gasteiger partial charge in [-0.15, -0.1) is 0 Å². The fourth-order valence-corrected chi connectivity index (χ4v) is 2.36. The first-order valence-electron chi connectivity index (χ1n) is 8.14. The maximum absolute atomic E-state index is 11.7. The molecule has 1 unspecified atom stereocenters. The molecule has 2 N–H and O–H groups in total. The molecule has 1 saturated heterocycles. The third-order valence-electron chi connectivity index (χ3n) is 3.69. The van der Waals surface area contributed by atoms with Crippen molar-refractivity contribution in [3.05, 3.63) is 24.3 Å². The van der Waals surface area contributed by atoms with Crippen LogP contribution in [0.2, 0.25) is 0 Å². The summed E-state index contributed by atoms with van der Waals surface area (Å²) in [5.41, 5.74) is 0. The monoisotopic (exact) mass is 322 g/mol. The summed E-state index contributed by atoms with van der Waals surface area (Å²) >= 11 is 0. The minimum atomic E-state index is 0.0593. The van der Waals surface area contributed by atoms with E-state index in [0.717, 1.165) is 30.9 Å². The SMILES string of the molecule is COc1ccc(OCCNCCC(=O)NCC2CCCO2)cc1. The molecule has 23 heavy (non-hydrogen) atoms. The molecule has 1 aliphatic rings. The second-order valence-electron chi connectivity index (χ2n) is 5.46. The van der Waals surface area contributed by atoms with E-state index in [1.807, 2.05) is 24.3 Å². The van der Waals surface area contributed by atoms with Crippen molar-refractivity contribution in [2.45, 2.75) is 25.4 Å². The van der Waals surface area contributed by atoms with Crippen molar-refractivity contribution in [2.75, 3.05) is 40.0 Å². The number of hydrogen-bond donors (Lipinski definition) is 2. The predicted molar refractivity (Wildman–Crippen MR) is 88.0 cm³/mol.